The maximum absolute atomic E-state index is 12.5. The molecule has 1 aromatic heterocycles. The third-order valence-corrected chi connectivity index (χ3v) is 1.27. The lowest BCUT2D eigenvalue weighted by Crippen LogP contribution is -2.32. The maximum Gasteiger partial charge on any atom is 0.359 e. The molecule has 0 bridgehead atoms. The van der Waals surface area contributed by atoms with Crippen molar-refractivity contribution in [2.75, 3.05) is 0 Å². The van der Waals surface area contributed by atoms with Crippen LogP contribution in [-0.4, -0.2) is 4.92 Å². The van der Waals surface area contributed by atoms with Gasteiger partial charge in [0.15, 0.2) is 0 Å². The molecule has 0 amide bonds. The Hall–Kier alpha value is -1.52. The Kier molecular flexibility index (Phi) is 4.58. The Balaban J connectivity index is 0.000000671. The minimum Gasteiger partial charge on any atom is -0.258 e. The molecule has 0 aliphatic rings. The van der Waals surface area contributed by atoms with Crippen LogP contribution in [0.2, 0.25) is 0 Å². The zero-order valence-corrected chi connectivity index (χ0v) is 7.82. The fraction of sp³-hybridized carbons (Fsp3) is 0.375. The minimum absolute atomic E-state index is 0.117. The molecule has 5 heteroatoms. The number of halogens is 1. The van der Waals surface area contributed by atoms with E-state index in [1.165, 1.54) is 7.05 Å². The van der Waals surface area contributed by atoms with Crippen molar-refractivity contribution >= 4 is 5.69 Å². The van der Waals surface area contributed by atoms with Crippen LogP contribution in [0.3, 0.4) is 0 Å². The van der Waals surface area contributed by atoms with Gasteiger partial charge in [0.2, 0.25) is 6.20 Å². The average molecular weight is 187 g/mol. The number of hydrogen-bond donors (Lipinski definition) is 0. The van der Waals surface area contributed by atoms with Gasteiger partial charge in [0.05, 0.1) is 4.92 Å². The normalized spacial score (nSPS) is 8.62. The summed E-state index contributed by atoms with van der Waals surface area (Å²) in [5.74, 6) is -0.504. The van der Waals surface area contributed by atoms with Crippen LogP contribution in [0.15, 0.2) is 18.3 Å². The second-order valence-electron chi connectivity index (χ2n) is 2.08. The summed E-state index contributed by atoms with van der Waals surface area (Å²) >= 11 is 0. The minimum atomic E-state index is -0.570. The molecule has 0 aliphatic carbocycles. The largest absolute Gasteiger partial charge is 0.359 e. The van der Waals surface area contributed by atoms with Gasteiger partial charge in [0.1, 0.15) is 7.05 Å². The van der Waals surface area contributed by atoms with Crippen molar-refractivity contribution in [3.05, 3.63) is 34.4 Å². The van der Waals surface area contributed by atoms with Crippen LogP contribution in [0.25, 0.3) is 0 Å². The molecule has 72 valence electrons. The second-order valence-corrected chi connectivity index (χ2v) is 2.08. The van der Waals surface area contributed by atoms with Crippen LogP contribution < -0.4 is 4.57 Å². The quantitative estimate of drug-likeness (QED) is 0.290. The van der Waals surface area contributed by atoms with Gasteiger partial charge in [-0.2, -0.15) is 4.57 Å². The first kappa shape index (κ1) is 11.5. The first-order valence-electron chi connectivity index (χ1n) is 3.91. The number of nitro groups is 1. The first-order chi connectivity index (χ1) is 6.11. The Labute approximate surface area is 75.8 Å². The topological polar surface area (TPSA) is 47.0 Å². The van der Waals surface area contributed by atoms with Crippen molar-refractivity contribution in [3.63, 3.8) is 0 Å². The van der Waals surface area contributed by atoms with E-state index >= 15 is 0 Å². The van der Waals surface area contributed by atoms with Crippen molar-refractivity contribution in [1.29, 1.82) is 0 Å². The van der Waals surface area contributed by atoms with Gasteiger partial charge in [-0.3, -0.25) is 10.1 Å². The highest BCUT2D eigenvalue weighted by Crippen LogP contribution is 2.05. The molecular formula is C8H12FN2O2+. The highest BCUT2D eigenvalue weighted by molar-refractivity contribution is 5.21. The number of rotatable bonds is 1. The Bertz CT molecular complexity index is 302. The lowest BCUT2D eigenvalue weighted by molar-refractivity contribution is -0.702. The number of nitrogens with zero attached hydrogens (tertiary/aromatic N) is 2. The zero-order valence-electron chi connectivity index (χ0n) is 7.82. The molecule has 0 saturated carbocycles. The molecule has 1 rings (SSSR count). The van der Waals surface area contributed by atoms with Gasteiger partial charge in [0, 0.05) is 12.1 Å². The molecule has 0 atom stereocenters. The third-order valence-electron chi connectivity index (χ3n) is 1.27. The summed E-state index contributed by atoms with van der Waals surface area (Å²) in [5, 5.41) is 10.1. The lowest BCUT2D eigenvalue weighted by Gasteiger charge is -1.88. The van der Waals surface area contributed by atoms with E-state index in [4.69, 9.17) is 0 Å². The van der Waals surface area contributed by atoms with E-state index in [2.05, 4.69) is 0 Å². The summed E-state index contributed by atoms with van der Waals surface area (Å²) in [7, 11) is 1.41. The summed E-state index contributed by atoms with van der Waals surface area (Å²) in [5.41, 5.74) is -0.117. The molecule has 1 heterocycles. The monoisotopic (exact) mass is 187 g/mol. The van der Waals surface area contributed by atoms with Crippen LogP contribution in [-0.2, 0) is 7.05 Å². The van der Waals surface area contributed by atoms with Gasteiger partial charge in [-0.15, -0.1) is 4.39 Å². The van der Waals surface area contributed by atoms with Crippen molar-refractivity contribution in [3.8, 4) is 0 Å². The van der Waals surface area contributed by atoms with Crippen molar-refractivity contribution in [1.82, 2.24) is 0 Å². The van der Waals surface area contributed by atoms with E-state index in [0.717, 1.165) is 22.9 Å². The smallest absolute Gasteiger partial charge is 0.258 e. The van der Waals surface area contributed by atoms with Crippen LogP contribution in [0, 0.1) is 16.1 Å². The van der Waals surface area contributed by atoms with Crippen LogP contribution in [0.5, 0.6) is 0 Å². The van der Waals surface area contributed by atoms with Gasteiger partial charge >= 0.3 is 11.6 Å². The van der Waals surface area contributed by atoms with Gasteiger partial charge in [0.25, 0.3) is 0 Å². The van der Waals surface area contributed by atoms with E-state index in [0.29, 0.717) is 0 Å². The molecule has 0 N–H and O–H groups in total. The number of aryl methyl sites for hydroxylation is 1. The molecule has 0 radical (unpaired) electrons. The summed E-state index contributed by atoms with van der Waals surface area (Å²) in [6.45, 7) is 4.00. The van der Waals surface area contributed by atoms with E-state index in [1.807, 2.05) is 13.8 Å². The molecule has 4 nitrogen and oxygen atoms in total. The molecule has 0 spiro atoms. The standard InChI is InChI=1S/C6H6FN2O2.C2H6/c1-8-4-5(9(10)11)2-3-6(8)7;1-2/h2-4H,1H3;1-2H3/q+1;. The van der Waals surface area contributed by atoms with Crippen molar-refractivity contribution in [2.24, 2.45) is 7.05 Å². The molecule has 1 aromatic rings. The summed E-state index contributed by atoms with van der Waals surface area (Å²) in [4.78, 5) is 9.56. The van der Waals surface area contributed by atoms with E-state index in [1.54, 1.807) is 0 Å². The number of pyridine rings is 1. The van der Waals surface area contributed by atoms with Crippen LogP contribution in [0.4, 0.5) is 10.1 Å². The second kappa shape index (κ2) is 5.18. The Morgan fingerprint density at radius 2 is 2.00 bits per heavy atom. The summed E-state index contributed by atoms with van der Waals surface area (Å²) in [6.07, 6.45) is 1.12. The van der Waals surface area contributed by atoms with E-state index < -0.39 is 10.9 Å². The molecule has 0 aliphatic heterocycles. The predicted octanol–water partition coefficient (Wildman–Crippen LogP) is 1.58. The zero-order chi connectivity index (χ0) is 10.4. The van der Waals surface area contributed by atoms with Gasteiger partial charge in [-0.25, -0.2) is 0 Å². The summed E-state index contributed by atoms with van der Waals surface area (Å²) < 4.78 is 13.6. The SMILES string of the molecule is CC.C[n+]1cc([N+](=O)[O-])ccc1F. The lowest BCUT2D eigenvalue weighted by atomic mass is 10.4. The molecule has 13 heavy (non-hydrogen) atoms. The van der Waals surface area contributed by atoms with E-state index in [-0.39, 0.29) is 5.69 Å². The molecule has 0 fully saturated rings. The Morgan fingerprint density at radius 3 is 2.38 bits per heavy atom. The van der Waals surface area contributed by atoms with Crippen LogP contribution >= 0.6 is 0 Å². The average Bonchev–Trinajstić information content (AvgIpc) is 2.13. The molecular weight excluding hydrogens is 175 g/mol. The summed E-state index contributed by atoms with van der Waals surface area (Å²) in [6, 6.07) is 2.17. The third kappa shape index (κ3) is 3.14. The van der Waals surface area contributed by atoms with E-state index in [9.17, 15) is 14.5 Å². The first-order valence-corrected chi connectivity index (χ1v) is 3.91. The fourth-order valence-electron chi connectivity index (χ4n) is 0.683. The molecule has 0 aromatic carbocycles. The number of hydrogen-bond acceptors (Lipinski definition) is 2. The fourth-order valence-corrected chi connectivity index (χ4v) is 0.683. The van der Waals surface area contributed by atoms with Gasteiger partial charge in [-0.1, -0.05) is 13.8 Å². The predicted molar refractivity (Wildman–Crippen MR) is 45.6 cm³/mol. The number of aromatic nitrogens is 1. The van der Waals surface area contributed by atoms with Crippen molar-refractivity contribution < 1.29 is 13.9 Å². The van der Waals surface area contributed by atoms with Gasteiger partial charge < -0.3 is 0 Å². The highest BCUT2D eigenvalue weighted by Gasteiger charge is 2.13. The Morgan fingerprint density at radius 1 is 1.46 bits per heavy atom. The van der Waals surface area contributed by atoms with Crippen LogP contribution in [0.1, 0.15) is 13.8 Å². The highest BCUT2D eigenvalue weighted by atomic mass is 19.1. The maximum atomic E-state index is 12.5. The molecule has 0 unspecified atom stereocenters. The van der Waals surface area contributed by atoms with Crippen molar-refractivity contribution in [2.45, 2.75) is 13.8 Å². The molecule has 0 saturated heterocycles. The van der Waals surface area contributed by atoms with Gasteiger partial charge in [-0.05, 0) is 0 Å².